The molecule has 10 heteroatoms. The van der Waals surface area contributed by atoms with Crippen LogP contribution in [-0.4, -0.2) is 31.5 Å². The number of carbonyl (C=O) groups excluding carboxylic acids is 1. The number of nitrogens with one attached hydrogen (secondary N) is 2. The minimum Gasteiger partial charge on any atom is -0.345 e. The SMILES string of the molecule is C[C@@H](NC(=O)c1cc(-c2ccccc2Cl)c(-c2ccc(Cl)cc2)nc1Cc1nn[nH]n1)c1ccc(Cl)cc1. The molecule has 0 aliphatic rings. The van der Waals surface area contributed by atoms with Crippen molar-refractivity contribution in [1.82, 2.24) is 30.9 Å². The summed E-state index contributed by atoms with van der Waals surface area (Å²) in [5.41, 5.74) is 4.71. The highest BCUT2D eigenvalue weighted by Gasteiger charge is 2.23. The van der Waals surface area contributed by atoms with E-state index >= 15 is 0 Å². The average molecular weight is 564 g/mol. The Hall–Kier alpha value is -3.78. The second kappa shape index (κ2) is 11.3. The van der Waals surface area contributed by atoms with Gasteiger partial charge in [-0.15, -0.1) is 10.2 Å². The summed E-state index contributed by atoms with van der Waals surface area (Å²) in [7, 11) is 0. The van der Waals surface area contributed by atoms with Crippen molar-refractivity contribution in [1.29, 1.82) is 0 Å². The van der Waals surface area contributed by atoms with Gasteiger partial charge in [0.2, 0.25) is 0 Å². The Labute approximate surface area is 234 Å². The van der Waals surface area contributed by atoms with Gasteiger partial charge in [-0.25, -0.2) is 0 Å². The van der Waals surface area contributed by atoms with Gasteiger partial charge in [0, 0.05) is 31.8 Å². The Morgan fingerprint density at radius 3 is 2.26 bits per heavy atom. The molecule has 1 atom stereocenters. The molecule has 0 saturated heterocycles. The van der Waals surface area contributed by atoms with E-state index in [-0.39, 0.29) is 18.4 Å². The van der Waals surface area contributed by atoms with Crippen LogP contribution in [0.4, 0.5) is 0 Å². The van der Waals surface area contributed by atoms with E-state index in [2.05, 4.69) is 25.9 Å². The quantitative estimate of drug-likeness (QED) is 0.223. The number of aromatic nitrogens is 5. The molecule has 0 radical (unpaired) electrons. The van der Waals surface area contributed by atoms with E-state index in [4.69, 9.17) is 39.8 Å². The maximum Gasteiger partial charge on any atom is 0.253 e. The van der Waals surface area contributed by atoms with Gasteiger partial charge in [-0.2, -0.15) is 5.21 Å². The number of aromatic amines is 1. The fourth-order valence-electron chi connectivity index (χ4n) is 4.11. The van der Waals surface area contributed by atoms with Gasteiger partial charge < -0.3 is 5.32 Å². The zero-order valence-corrected chi connectivity index (χ0v) is 22.4. The molecule has 5 rings (SSSR count). The second-order valence-electron chi connectivity index (χ2n) is 8.62. The Kier molecular flexibility index (Phi) is 7.69. The molecule has 5 aromatic rings. The molecular formula is C28H21Cl3N6O. The van der Waals surface area contributed by atoms with Gasteiger partial charge in [-0.3, -0.25) is 9.78 Å². The van der Waals surface area contributed by atoms with E-state index in [0.29, 0.717) is 43.4 Å². The summed E-state index contributed by atoms with van der Waals surface area (Å²) < 4.78 is 0. The molecule has 0 aliphatic heterocycles. The van der Waals surface area contributed by atoms with Crippen LogP contribution in [0.25, 0.3) is 22.4 Å². The first-order chi connectivity index (χ1) is 18.4. The van der Waals surface area contributed by atoms with Crippen molar-refractivity contribution >= 4 is 40.7 Å². The van der Waals surface area contributed by atoms with E-state index < -0.39 is 0 Å². The summed E-state index contributed by atoms with van der Waals surface area (Å²) in [5, 5.41) is 19.1. The van der Waals surface area contributed by atoms with Gasteiger partial charge in [0.05, 0.1) is 29.4 Å². The largest absolute Gasteiger partial charge is 0.345 e. The van der Waals surface area contributed by atoms with Gasteiger partial charge in [0.25, 0.3) is 5.91 Å². The minimum atomic E-state index is -0.297. The molecule has 0 spiro atoms. The molecule has 2 heterocycles. The van der Waals surface area contributed by atoms with Crippen LogP contribution in [0.15, 0.2) is 78.9 Å². The van der Waals surface area contributed by atoms with Crippen LogP contribution in [-0.2, 0) is 6.42 Å². The maximum absolute atomic E-state index is 13.7. The lowest BCUT2D eigenvalue weighted by atomic mass is 9.95. The highest BCUT2D eigenvalue weighted by molar-refractivity contribution is 6.33. The predicted octanol–water partition coefficient (Wildman–Crippen LogP) is 6.97. The monoisotopic (exact) mass is 562 g/mol. The number of rotatable bonds is 7. The third-order valence-corrected chi connectivity index (χ3v) is 6.89. The molecule has 0 saturated carbocycles. The van der Waals surface area contributed by atoms with Gasteiger partial charge in [0.15, 0.2) is 5.82 Å². The fourth-order valence-corrected chi connectivity index (χ4v) is 4.60. The van der Waals surface area contributed by atoms with E-state index in [1.165, 1.54) is 0 Å². The normalized spacial score (nSPS) is 11.8. The Balaban J connectivity index is 1.65. The van der Waals surface area contributed by atoms with Crippen LogP contribution < -0.4 is 5.32 Å². The standard InChI is InChI=1S/C28H21Cl3N6O/c1-16(17-6-10-19(29)11-7-17)32-28(38)23-14-22(21-4-2-3-5-24(21)31)27(18-8-12-20(30)13-9-18)33-25(23)15-26-34-36-37-35-26/h2-14,16H,15H2,1H3,(H,32,38)(H,34,35,36,37)/t16-/m1/s1. The molecule has 2 aromatic heterocycles. The van der Waals surface area contributed by atoms with Gasteiger partial charge in [-0.05, 0) is 48.9 Å². The number of nitrogens with zero attached hydrogens (tertiary/aromatic N) is 4. The highest BCUT2D eigenvalue weighted by atomic mass is 35.5. The molecule has 7 nitrogen and oxygen atoms in total. The maximum atomic E-state index is 13.7. The Bertz CT molecular complexity index is 1570. The van der Waals surface area contributed by atoms with Crippen molar-refractivity contribution < 1.29 is 4.79 Å². The van der Waals surface area contributed by atoms with Crippen LogP contribution in [0.5, 0.6) is 0 Å². The fraction of sp³-hybridized carbons (Fsp3) is 0.107. The minimum absolute atomic E-state index is 0.192. The Morgan fingerprint density at radius 1 is 0.921 bits per heavy atom. The summed E-state index contributed by atoms with van der Waals surface area (Å²) >= 11 is 18.8. The molecule has 38 heavy (non-hydrogen) atoms. The summed E-state index contributed by atoms with van der Waals surface area (Å²) in [6, 6.07) is 23.7. The van der Waals surface area contributed by atoms with Gasteiger partial charge in [0.1, 0.15) is 0 Å². The number of hydrogen-bond donors (Lipinski definition) is 2. The predicted molar refractivity (Wildman–Crippen MR) is 149 cm³/mol. The number of halogens is 3. The van der Waals surface area contributed by atoms with Crippen LogP contribution in [0.3, 0.4) is 0 Å². The smallest absolute Gasteiger partial charge is 0.253 e. The molecular weight excluding hydrogens is 543 g/mol. The molecule has 3 aromatic carbocycles. The van der Waals surface area contributed by atoms with Gasteiger partial charge >= 0.3 is 0 Å². The number of H-pyrrole nitrogens is 1. The molecule has 1 amide bonds. The summed E-state index contributed by atoms with van der Waals surface area (Å²) in [4.78, 5) is 18.7. The number of carbonyl (C=O) groups is 1. The number of pyridine rings is 1. The first-order valence-corrected chi connectivity index (χ1v) is 12.9. The average Bonchev–Trinajstić information content (AvgIpc) is 3.43. The zero-order valence-electron chi connectivity index (χ0n) is 20.1. The molecule has 0 bridgehead atoms. The van der Waals surface area contributed by atoms with E-state index in [1.807, 2.05) is 55.5 Å². The number of tetrazole rings is 1. The van der Waals surface area contributed by atoms with E-state index in [0.717, 1.165) is 16.7 Å². The third-order valence-electron chi connectivity index (χ3n) is 6.06. The number of benzene rings is 3. The zero-order chi connectivity index (χ0) is 26.6. The van der Waals surface area contributed by atoms with Crippen LogP contribution in [0, 0.1) is 0 Å². The van der Waals surface area contributed by atoms with Crippen molar-refractivity contribution in [2.45, 2.75) is 19.4 Å². The summed E-state index contributed by atoms with van der Waals surface area (Å²) in [6.45, 7) is 1.91. The topological polar surface area (TPSA) is 96.5 Å². The lowest BCUT2D eigenvalue weighted by Gasteiger charge is -2.19. The molecule has 0 aliphatic carbocycles. The lowest BCUT2D eigenvalue weighted by Crippen LogP contribution is -2.28. The van der Waals surface area contributed by atoms with Crippen molar-refractivity contribution in [3.05, 3.63) is 117 Å². The van der Waals surface area contributed by atoms with Gasteiger partial charge in [-0.1, -0.05) is 82.5 Å². The van der Waals surface area contributed by atoms with Crippen LogP contribution in [0.1, 0.15) is 40.4 Å². The number of amides is 1. The van der Waals surface area contributed by atoms with Crippen molar-refractivity contribution in [2.75, 3.05) is 0 Å². The number of hydrogen-bond acceptors (Lipinski definition) is 5. The summed E-state index contributed by atoms with van der Waals surface area (Å²) in [6.07, 6.45) is 0.192. The molecule has 190 valence electrons. The lowest BCUT2D eigenvalue weighted by molar-refractivity contribution is 0.0938. The molecule has 0 unspecified atom stereocenters. The third kappa shape index (κ3) is 5.70. The highest BCUT2D eigenvalue weighted by Crippen LogP contribution is 2.37. The van der Waals surface area contributed by atoms with Crippen LogP contribution >= 0.6 is 34.8 Å². The van der Waals surface area contributed by atoms with Crippen LogP contribution in [0.2, 0.25) is 15.1 Å². The first kappa shape index (κ1) is 25.9. The van der Waals surface area contributed by atoms with Crippen molar-refractivity contribution in [3.63, 3.8) is 0 Å². The van der Waals surface area contributed by atoms with Crippen molar-refractivity contribution in [2.24, 2.45) is 0 Å². The molecule has 0 fully saturated rings. The Morgan fingerprint density at radius 2 is 1.61 bits per heavy atom. The first-order valence-electron chi connectivity index (χ1n) is 11.7. The van der Waals surface area contributed by atoms with E-state index in [9.17, 15) is 4.79 Å². The van der Waals surface area contributed by atoms with Crippen molar-refractivity contribution in [3.8, 4) is 22.4 Å². The van der Waals surface area contributed by atoms with E-state index in [1.54, 1.807) is 30.3 Å². The molecule has 2 N–H and O–H groups in total. The summed E-state index contributed by atoms with van der Waals surface area (Å²) in [5.74, 6) is 0.110. The second-order valence-corrected chi connectivity index (χ2v) is 9.90.